The summed E-state index contributed by atoms with van der Waals surface area (Å²) in [7, 11) is 0. The first-order valence-corrected chi connectivity index (χ1v) is 9.28. The number of aromatic nitrogens is 2. The molecule has 0 atom stereocenters. The number of hydrogen-bond acceptors (Lipinski definition) is 4. The van der Waals surface area contributed by atoms with Gasteiger partial charge in [-0.05, 0) is 36.8 Å². The lowest BCUT2D eigenvalue weighted by Crippen LogP contribution is -2.32. The standard InChI is InChI=1S/C17H15Cl2N3O2S/c1-2-7-22(17(24)13-5-6-14(19)25-13)9-15-20-12-8-10(18)3-4-11(12)16(23)21-15/h3-6,8H,2,7,9H2,1H3,(H,20,21,23). The highest BCUT2D eigenvalue weighted by atomic mass is 35.5. The minimum Gasteiger partial charge on any atom is -0.330 e. The van der Waals surface area contributed by atoms with E-state index < -0.39 is 0 Å². The zero-order chi connectivity index (χ0) is 18.0. The van der Waals surface area contributed by atoms with Crippen LogP contribution in [0, 0.1) is 0 Å². The summed E-state index contributed by atoms with van der Waals surface area (Å²) in [5.74, 6) is 0.289. The van der Waals surface area contributed by atoms with E-state index in [1.54, 1.807) is 35.2 Å². The Labute approximate surface area is 158 Å². The van der Waals surface area contributed by atoms with Gasteiger partial charge in [0.2, 0.25) is 0 Å². The van der Waals surface area contributed by atoms with Crippen LogP contribution in [0.3, 0.4) is 0 Å². The van der Waals surface area contributed by atoms with Gasteiger partial charge < -0.3 is 9.88 Å². The van der Waals surface area contributed by atoms with E-state index in [9.17, 15) is 9.59 Å². The second kappa shape index (κ2) is 7.56. The van der Waals surface area contributed by atoms with Crippen LogP contribution < -0.4 is 5.56 Å². The predicted octanol–water partition coefficient (Wildman–Crippen LogP) is 4.34. The smallest absolute Gasteiger partial charge is 0.264 e. The topological polar surface area (TPSA) is 66.1 Å². The summed E-state index contributed by atoms with van der Waals surface area (Å²) in [6, 6.07) is 8.32. The lowest BCUT2D eigenvalue weighted by molar-refractivity contribution is 0.0744. The summed E-state index contributed by atoms with van der Waals surface area (Å²) in [4.78, 5) is 34.3. The zero-order valence-corrected chi connectivity index (χ0v) is 15.7. The van der Waals surface area contributed by atoms with Crippen molar-refractivity contribution in [3.05, 3.63) is 60.7 Å². The number of carbonyl (C=O) groups excluding carboxylic acids is 1. The molecule has 3 rings (SSSR count). The Bertz CT molecular complexity index is 983. The molecule has 0 aliphatic heterocycles. The third-order valence-electron chi connectivity index (χ3n) is 3.62. The highest BCUT2D eigenvalue weighted by Gasteiger charge is 2.18. The summed E-state index contributed by atoms with van der Waals surface area (Å²) in [6.45, 7) is 2.74. The molecule has 3 aromatic rings. The maximum absolute atomic E-state index is 12.7. The van der Waals surface area contributed by atoms with Crippen LogP contribution in [0.4, 0.5) is 0 Å². The maximum Gasteiger partial charge on any atom is 0.264 e. The molecule has 130 valence electrons. The number of benzene rings is 1. The summed E-state index contributed by atoms with van der Waals surface area (Å²) in [6.07, 6.45) is 0.786. The third kappa shape index (κ3) is 4.03. The van der Waals surface area contributed by atoms with Crippen LogP contribution in [0.2, 0.25) is 9.36 Å². The quantitative estimate of drug-likeness (QED) is 0.698. The Balaban J connectivity index is 1.93. The van der Waals surface area contributed by atoms with Crippen LogP contribution in [0.15, 0.2) is 35.1 Å². The Morgan fingerprint density at radius 2 is 2.08 bits per heavy atom. The van der Waals surface area contributed by atoms with Crippen molar-refractivity contribution in [2.75, 3.05) is 6.54 Å². The normalized spacial score (nSPS) is 11.0. The largest absolute Gasteiger partial charge is 0.330 e. The van der Waals surface area contributed by atoms with Gasteiger partial charge in [-0.2, -0.15) is 0 Å². The highest BCUT2D eigenvalue weighted by molar-refractivity contribution is 7.17. The molecule has 2 aromatic heterocycles. The number of nitrogens with one attached hydrogen (secondary N) is 1. The van der Waals surface area contributed by atoms with Gasteiger partial charge in [0.15, 0.2) is 0 Å². The summed E-state index contributed by atoms with van der Waals surface area (Å²) >= 11 is 13.1. The van der Waals surface area contributed by atoms with Crippen LogP contribution in [-0.4, -0.2) is 27.3 Å². The van der Waals surface area contributed by atoms with Crippen molar-refractivity contribution in [3.8, 4) is 0 Å². The number of aromatic amines is 1. The van der Waals surface area contributed by atoms with E-state index in [0.29, 0.717) is 37.5 Å². The van der Waals surface area contributed by atoms with Gasteiger partial charge in [-0.3, -0.25) is 9.59 Å². The number of amides is 1. The molecule has 1 N–H and O–H groups in total. The second-order valence-electron chi connectivity index (χ2n) is 5.50. The van der Waals surface area contributed by atoms with E-state index in [4.69, 9.17) is 23.2 Å². The van der Waals surface area contributed by atoms with Crippen molar-refractivity contribution in [2.45, 2.75) is 19.9 Å². The number of rotatable bonds is 5. The molecule has 0 bridgehead atoms. The number of fused-ring (bicyclic) bond motifs is 1. The fourth-order valence-electron chi connectivity index (χ4n) is 2.52. The number of hydrogen-bond donors (Lipinski definition) is 1. The second-order valence-corrected chi connectivity index (χ2v) is 7.66. The van der Waals surface area contributed by atoms with Gasteiger partial charge in [0, 0.05) is 11.6 Å². The van der Waals surface area contributed by atoms with Crippen molar-refractivity contribution >= 4 is 51.3 Å². The molecule has 0 aliphatic carbocycles. The van der Waals surface area contributed by atoms with Crippen molar-refractivity contribution in [1.82, 2.24) is 14.9 Å². The van der Waals surface area contributed by atoms with Crippen molar-refractivity contribution < 1.29 is 4.79 Å². The summed E-state index contributed by atoms with van der Waals surface area (Å²) in [5, 5.41) is 0.970. The minimum atomic E-state index is -0.250. The van der Waals surface area contributed by atoms with Gasteiger partial charge in [-0.25, -0.2) is 4.98 Å². The molecule has 0 radical (unpaired) electrons. The fraction of sp³-hybridized carbons (Fsp3) is 0.235. The lowest BCUT2D eigenvalue weighted by atomic mass is 10.2. The number of thiophene rings is 1. The zero-order valence-electron chi connectivity index (χ0n) is 13.4. The van der Waals surface area contributed by atoms with Crippen LogP contribution >= 0.6 is 34.5 Å². The predicted molar refractivity (Wildman–Crippen MR) is 102 cm³/mol. The number of H-pyrrole nitrogens is 1. The Kier molecular flexibility index (Phi) is 5.42. The maximum atomic E-state index is 12.7. The first-order chi connectivity index (χ1) is 12.0. The molecular formula is C17H15Cl2N3O2S. The monoisotopic (exact) mass is 395 g/mol. The van der Waals surface area contributed by atoms with E-state index in [2.05, 4.69) is 9.97 Å². The molecule has 2 heterocycles. The molecule has 8 heteroatoms. The molecule has 0 aliphatic rings. The van der Waals surface area contributed by atoms with Gasteiger partial charge in [0.25, 0.3) is 11.5 Å². The molecule has 1 aromatic carbocycles. The molecule has 0 fully saturated rings. The minimum absolute atomic E-state index is 0.132. The Morgan fingerprint density at radius 1 is 1.28 bits per heavy atom. The average Bonchev–Trinajstić information content (AvgIpc) is 3.00. The first-order valence-electron chi connectivity index (χ1n) is 7.71. The van der Waals surface area contributed by atoms with Gasteiger partial charge in [0.1, 0.15) is 5.82 Å². The lowest BCUT2D eigenvalue weighted by Gasteiger charge is -2.21. The summed E-state index contributed by atoms with van der Waals surface area (Å²) in [5.41, 5.74) is 0.258. The molecule has 25 heavy (non-hydrogen) atoms. The van der Waals surface area contributed by atoms with Crippen LogP contribution in [-0.2, 0) is 6.54 Å². The first kappa shape index (κ1) is 17.9. The molecule has 0 unspecified atom stereocenters. The number of nitrogens with zero attached hydrogens (tertiary/aromatic N) is 2. The summed E-state index contributed by atoms with van der Waals surface area (Å²) < 4.78 is 0.562. The van der Waals surface area contributed by atoms with E-state index in [1.807, 2.05) is 6.92 Å². The molecular weight excluding hydrogens is 381 g/mol. The molecule has 0 saturated carbocycles. The molecule has 0 saturated heterocycles. The average molecular weight is 396 g/mol. The molecule has 1 amide bonds. The number of carbonyl (C=O) groups is 1. The van der Waals surface area contributed by atoms with Crippen molar-refractivity contribution in [1.29, 1.82) is 0 Å². The van der Waals surface area contributed by atoms with E-state index in [0.717, 1.165) is 6.42 Å². The van der Waals surface area contributed by atoms with Crippen LogP contribution in [0.1, 0.15) is 28.8 Å². The highest BCUT2D eigenvalue weighted by Crippen LogP contribution is 2.23. The Morgan fingerprint density at radius 3 is 2.76 bits per heavy atom. The van der Waals surface area contributed by atoms with E-state index in [1.165, 1.54) is 11.3 Å². The molecule has 0 spiro atoms. The van der Waals surface area contributed by atoms with Crippen molar-refractivity contribution in [3.63, 3.8) is 0 Å². The third-order valence-corrected chi connectivity index (χ3v) is 5.08. The van der Waals surface area contributed by atoms with Gasteiger partial charge in [-0.1, -0.05) is 30.1 Å². The van der Waals surface area contributed by atoms with Crippen molar-refractivity contribution in [2.24, 2.45) is 0 Å². The molecule has 5 nitrogen and oxygen atoms in total. The Hall–Kier alpha value is -1.89. The van der Waals surface area contributed by atoms with Gasteiger partial charge in [0.05, 0.1) is 26.7 Å². The van der Waals surface area contributed by atoms with Crippen LogP contribution in [0.25, 0.3) is 10.9 Å². The fourth-order valence-corrected chi connectivity index (χ4v) is 3.70. The van der Waals surface area contributed by atoms with E-state index >= 15 is 0 Å². The number of halogens is 2. The SMILES string of the molecule is CCCN(Cc1nc2cc(Cl)ccc2c(=O)[nH]1)C(=O)c1ccc(Cl)s1. The van der Waals surface area contributed by atoms with Crippen LogP contribution in [0.5, 0.6) is 0 Å². The van der Waals surface area contributed by atoms with E-state index in [-0.39, 0.29) is 18.0 Å². The van der Waals surface area contributed by atoms with Gasteiger partial charge >= 0.3 is 0 Å². The van der Waals surface area contributed by atoms with Gasteiger partial charge in [-0.15, -0.1) is 11.3 Å².